The molecule has 0 aromatic heterocycles. The third kappa shape index (κ3) is 5.40. The highest BCUT2D eigenvalue weighted by molar-refractivity contribution is 5.94. The van der Waals surface area contributed by atoms with Crippen LogP contribution in [0.2, 0.25) is 0 Å². The lowest BCUT2D eigenvalue weighted by Gasteiger charge is -2.17. The van der Waals surface area contributed by atoms with Crippen LogP contribution >= 0.6 is 0 Å². The SMILES string of the molecule is C#Cc1cccc(NC(=O)CN(C)C(=O)Cc2cccc(OC)c2)c1. The maximum absolute atomic E-state index is 12.3. The van der Waals surface area contributed by atoms with E-state index in [-0.39, 0.29) is 24.8 Å². The zero-order valence-corrected chi connectivity index (χ0v) is 14.3. The Labute approximate surface area is 147 Å². The summed E-state index contributed by atoms with van der Waals surface area (Å²) in [7, 11) is 3.17. The summed E-state index contributed by atoms with van der Waals surface area (Å²) in [5, 5.41) is 2.74. The normalized spacial score (nSPS) is 9.80. The first-order valence-corrected chi connectivity index (χ1v) is 7.75. The Kier molecular flexibility index (Phi) is 6.19. The van der Waals surface area contributed by atoms with E-state index >= 15 is 0 Å². The number of methoxy groups -OCH3 is 1. The van der Waals surface area contributed by atoms with Gasteiger partial charge in [0.1, 0.15) is 5.75 Å². The molecule has 0 saturated heterocycles. The third-order valence-corrected chi connectivity index (χ3v) is 3.61. The first-order chi connectivity index (χ1) is 12.0. The van der Waals surface area contributed by atoms with Crippen LogP contribution in [0.4, 0.5) is 5.69 Å². The highest BCUT2D eigenvalue weighted by Gasteiger charge is 2.14. The van der Waals surface area contributed by atoms with Crippen molar-refractivity contribution in [1.29, 1.82) is 0 Å². The van der Waals surface area contributed by atoms with Crippen molar-refractivity contribution < 1.29 is 14.3 Å². The summed E-state index contributed by atoms with van der Waals surface area (Å²) in [5.41, 5.74) is 2.12. The highest BCUT2D eigenvalue weighted by Crippen LogP contribution is 2.14. The van der Waals surface area contributed by atoms with Gasteiger partial charge in [0.05, 0.1) is 20.1 Å². The molecule has 0 aliphatic carbocycles. The zero-order valence-electron chi connectivity index (χ0n) is 14.3. The molecule has 0 aliphatic heterocycles. The molecule has 0 unspecified atom stereocenters. The van der Waals surface area contributed by atoms with Crippen LogP contribution in [0.3, 0.4) is 0 Å². The van der Waals surface area contributed by atoms with Crippen LogP contribution in [0.25, 0.3) is 0 Å². The number of ether oxygens (including phenoxy) is 1. The van der Waals surface area contributed by atoms with E-state index in [1.54, 1.807) is 44.5 Å². The summed E-state index contributed by atoms with van der Waals surface area (Å²) in [6, 6.07) is 14.3. The van der Waals surface area contributed by atoms with Gasteiger partial charge in [-0.05, 0) is 35.9 Å². The predicted molar refractivity (Wildman–Crippen MR) is 97.3 cm³/mol. The number of benzene rings is 2. The number of hydrogen-bond donors (Lipinski definition) is 1. The monoisotopic (exact) mass is 336 g/mol. The predicted octanol–water partition coefficient (Wildman–Crippen LogP) is 2.32. The molecular weight excluding hydrogens is 316 g/mol. The van der Waals surface area contributed by atoms with Gasteiger partial charge in [0, 0.05) is 18.3 Å². The van der Waals surface area contributed by atoms with Gasteiger partial charge in [-0.2, -0.15) is 0 Å². The number of rotatable bonds is 6. The number of anilines is 1. The van der Waals surface area contributed by atoms with Gasteiger partial charge in [-0.3, -0.25) is 9.59 Å². The van der Waals surface area contributed by atoms with Crippen LogP contribution in [0, 0.1) is 12.3 Å². The summed E-state index contributed by atoms with van der Waals surface area (Å²) in [6.07, 6.45) is 5.54. The van der Waals surface area contributed by atoms with Gasteiger partial charge < -0.3 is 15.0 Å². The molecule has 128 valence electrons. The lowest BCUT2D eigenvalue weighted by atomic mass is 10.1. The van der Waals surface area contributed by atoms with Crippen molar-refractivity contribution in [2.24, 2.45) is 0 Å². The first kappa shape index (κ1) is 18.1. The van der Waals surface area contributed by atoms with E-state index in [4.69, 9.17) is 11.2 Å². The number of nitrogens with zero attached hydrogens (tertiary/aromatic N) is 1. The summed E-state index contributed by atoms with van der Waals surface area (Å²) in [4.78, 5) is 25.8. The Bertz CT molecular complexity index is 809. The second kappa shape index (κ2) is 8.55. The Morgan fingerprint density at radius 3 is 2.68 bits per heavy atom. The Balaban J connectivity index is 1.91. The Morgan fingerprint density at radius 1 is 1.20 bits per heavy atom. The number of nitrogens with one attached hydrogen (secondary N) is 1. The van der Waals surface area contributed by atoms with E-state index in [9.17, 15) is 9.59 Å². The second-order valence-electron chi connectivity index (χ2n) is 5.55. The molecule has 25 heavy (non-hydrogen) atoms. The molecule has 2 aromatic rings. The number of likely N-dealkylation sites (N-methyl/N-ethyl adjacent to an activating group) is 1. The Morgan fingerprint density at radius 2 is 1.96 bits per heavy atom. The van der Waals surface area contributed by atoms with Crippen LogP contribution in [-0.2, 0) is 16.0 Å². The number of hydrogen-bond acceptors (Lipinski definition) is 3. The van der Waals surface area contributed by atoms with Gasteiger partial charge in [-0.1, -0.05) is 24.1 Å². The molecule has 0 bridgehead atoms. The van der Waals surface area contributed by atoms with Gasteiger partial charge in [-0.25, -0.2) is 0 Å². The van der Waals surface area contributed by atoms with E-state index in [1.165, 1.54) is 4.90 Å². The van der Waals surface area contributed by atoms with Crippen LogP contribution in [-0.4, -0.2) is 37.4 Å². The minimum absolute atomic E-state index is 0.0386. The van der Waals surface area contributed by atoms with E-state index in [1.807, 2.05) is 18.2 Å². The number of amides is 2. The van der Waals surface area contributed by atoms with Gasteiger partial charge in [-0.15, -0.1) is 6.42 Å². The third-order valence-electron chi connectivity index (χ3n) is 3.61. The fourth-order valence-electron chi connectivity index (χ4n) is 2.28. The lowest BCUT2D eigenvalue weighted by Crippen LogP contribution is -2.35. The van der Waals surface area contributed by atoms with Crippen molar-refractivity contribution in [3.63, 3.8) is 0 Å². The first-order valence-electron chi connectivity index (χ1n) is 7.75. The van der Waals surface area contributed by atoms with Gasteiger partial charge in [0.25, 0.3) is 0 Å². The number of carbonyl (C=O) groups excluding carboxylic acids is 2. The van der Waals surface area contributed by atoms with E-state index in [0.29, 0.717) is 17.0 Å². The van der Waals surface area contributed by atoms with Crippen molar-refractivity contribution in [1.82, 2.24) is 4.90 Å². The van der Waals surface area contributed by atoms with Crippen molar-refractivity contribution in [2.75, 3.05) is 26.0 Å². The van der Waals surface area contributed by atoms with Crippen LogP contribution in [0.1, 0.15) is 11.1 Å². The largest absolute Gasteiger partial charge is 0.497 e. The van der Waals surface area contributed by atoms with Gasteiger partial charge in [0.15, 0.2) is 0 Å². The molecule has 5 nitrogen and oxygen atoms in total. The molecule has 0 atom stereocenters. The molecule has 2 amide bonds. The molecule has 0 radical (unpaired) electrons. The highest BCUT2D eigenvalue weighted by atomic mass is 16.5. The smallest absolute Gasteiger partial charge is 0.243 e. The van der Waals surface area contributed by atoms with Crippen LogP contribution in [0.5, 0.6) is 5.75 Å². The van der Waals surface area contributed by atoms with E-state index in [0.717, 1.165) is 5.56 Å². The Hall–Kier alpha value is -3.26. The van der Waals surface area contributed by atoms with Crippen molar-refractivity contribution >= 4 is 17.5 Å². The molecule has 0 aliphatic rings. The van der Waals surface area contributed by atoms with Crippen molar-refractivity contribution in [2.45, 2.75) is 6.42 Å². The van der Waals surface area contributed by atoms with Crippen LogP contribution < -0.4 is 10.1 Å². The molecule has 0 spiro atoms. The average Bonchev–Trinajstić information content (AvgIpc) is 2.61. The average molecular weight is 336 g/mol. The molecule has 1 N–H and O–H groups in total. The number of terminal acetylenes is 1. The topological polar surface area (TPSA) is 58.6 Å². The molecule has 0 fully saturated rings. The maximum Gasteiger partial charge on any atom is 0.243 e. The molecule has 5 heteroatoms. The standard InChI is InChI=1S/C20H20N2O3/c1-4-15-7-5-9-17(11-15)21-19(23)14-22(2)20(24)13-16-8-6-10-18(12-16)25-3/h1,5-12H,13-14H2,2-3H3,(H,21,23). The molecule has 2 rings (SSSR count). The summed E-state index contributed by atoms with van der Waals surface area (Å²) < 4.78 is 5.14. The molecule has 0 heterocycles. The fourth-order valence-corrected chi connectivity index (χ4v) is 2.28. The minimum Gasteiger partial charge on any atom is -0.497 e. The summed E-state index contributed by atoms with van der Waals surface area (Å²) in [6.45, 7) is -0.0386. The molecule has 0 saturated carbocycles. The van der Waals surface area contributed by atoms with Crippen LogP contribution in [0.15, 0.2) is 48.5 Å². The van der Waals surface area contributed by atoms with Crippen molar-refractivity contribution in [3.8, 4) is 18.1 Å². The summed E-state index contributed by atoms with van der Waals surface area (Å²) in [5.74, 6) is 2.77. The summed E-state index contributed by atoms with van der Waals surface area (Å²) >= 11 is 0. The zero-order chi connectivity index (χ0) is 18.2. The minimum atomic E-state index is -0.282. The number of carbonyl (C=O) groups is 2. The molecule has 2 aromatic carbocycles. The maximum atomic E-state index is 12.3. The van der Waals surface area contributed by atoms with Gasteiger partial charge in [0.2, 0.25) is 11.8 Å². The molecular formula is C20H20N2O3. The van der Waals surface area contributed by atoms with Crippen molar-refractivity contribution in [3.05, 3.63) is 59.7 Å². The van der Waals surface area contributed by atoms with Gasteiger partial charge >= 0.3 is 0 Å². The van der Waals surface area contributed by atoms with E-state index in [2.05, 4.69) is 11.2 Å². The second-order valence-corrected chi connectivity index (χ2v) is 5.55. The fraction of sp³-hybridized carbons (Fsp3) is 0.200. The van der Waals surface area contributed by atoms with E-state index < -0.39 is 0 Å². The quantitative estimate of drug-likeness (QED) is 0.824. The lowest BCUT2D eigenvalue weighted by molar-refractivity contribution is -0.132.